The van der Waals surface area contributed by atoms with E-state index in [1.807, 2.05) is 0 Å². The molecule has 0 aromatic heterocycles. The molecule has 0 aliphatic heterocycles. The molecule has 7 heteroatoms. The van der Waals surface area contributed by atoms with Crippen LogP contribution in [0.4, 0.5) is 4.39 Å². The number of carbonyl (C=O) groups excluding carboxylic acids is 1. The average molecular weight is 390 g/mol. The van der Waals surface area contributed by atoms with Crippen molar-refractivity contribution in [3.63, 3.8) is 0 Å². The van der Waals surface area contributed by atoms with Crippen molar-refractivity contribution in [3.05, 3.63) is 53.0 Å². The molecular weight excluding hydrogens is 367 g/mol. The summed E-state index contributed by atoms with van der Waals surface area (Å²) in [5.74, 6) is 0.297. The molecule has 0 aliphatic carbocycles. The van der Waals surface area contributed by atoms with Gasteiger partial charge in [-0.05, 0) is 42.8 Å². The third kappa shape index (κ3) is 4.54. The Morgan fingerprint density at radius 1 is 0.929 bits per heavy atom. The number of benzene rings is 2. The second-order valence-electron chi connectivity index (χ2n) is 5.58. The number of allylic oxidation sites excluding steroid dienone is 1. The summed E-state index contributed by atoms with van der Waals surface area (Å²) >= 11 is 0. The fraction of sp³-hybridized carbons (Fsp3) is 0.286. The zero-order valence-corrected chi connectivity index (χ0v) is 16.5. The molecular formula is C21H23FO6. The summed E-state index contributed by atoms with van der Waals surface area (Å²) in [6.07, 6.45) is 1.47. The van der Waals surface area contributed by atoms with Gasteiger partial charge in [0, 0.05) is 5.56 Å². The zero-order valence-electron chi connectivity index (χ0n) is 16.5. The molecule has 2 aromatic rings. The summed E-state index contributed by atoms with van der Waals surface area (Å²) in [7, 11) is 5.79. The number of rotatable bonds is 9. The quantitative estimate of drug-likeness (QED) is 0.365. The van der Waals surface area contributed by atoms with Gasteiger partial charge in [0.1, 0.15) is 0 Å². The summed E-state index contributed by atoms with van der Waals surface area (Å²) < 4.78 is 40.2. The first-order valence-corrected chi connectivity index (χ1v) is 8.51. The SMILES string of the molecule is CCO/C(=C\c1ccc(OC)c(F)c1)C(=O)c1cc(OC)c(OC)c(OC)c1. The summed E-state index contributed by atoms with van der Waals surface area (Å²) in [5.41, 5.74) is 0.741. The average Bonchev–Trinajstić information content (AvgIpc) is 2.71. The molecule has 2 rings (SSSR count). The van der Waals surface area contributed by atoms with Gasteiger partial charge >= 0.3 is 0 Å². The number of ether oxygens (including phenoxy) is 5. The molecule has 0 fully saturated rings. The highest BCUT2D eigenvalue weighted by Gasteiger charge is 2.20. The predicted octanol–water partition coefficient (Wildman–Crippen LogP) is 4.12. The van der Waals surface area contributed by atoms with Gasteiger partial charge in [0.05, 0.1) is 35.0 Å². The molecule has 0 saturated heterocycles. The Bertz CT molecular complexity index is 850. The fourth-order valence-electron chi connectivity index (χ4n) is 2.61. The molecule has 0 radical (unpaired) electrons. The highest BCUT2D eigenvalue weighted by Crippen LogP contribution is 2.38. The van der Waals surface area contributed by atoms with Crippen LogP contribution in [0, 0.1) is 5.82 Å². The fourth-order valence-corrected chi connectivity index (χ4v) is 2.61. The van der Waals surface area contributed by atoms with Gasteiger partial charge < -0.3 is 23.7 Å². The molecule has 2 aromatic carbocycles. The second kappa shape index (κ2) is 9.64. The molecule has 0 unspecified atom stereocenters. The Morgan fingerprint density at radius 3 is 2.00 bits per heavy atom. The van der Waals surface area contributed by atoms with Crippen molar-refractivity contribution in [2.75, 3.05) is 35.0 Å². The van der Waals surface area contributed by atoms with Crippen LogP contribution in [0.1, 0.15) is 22.8 Å². The summed E-state index contributed by atoms with van der Waals surface area (Å²) in [6, 6.07) is 7.44. The van der Waals surface area contributed by atoms with Crippen molar-refractivity contribution < 1.29 is 32.9 Å². The highest BCUT2D eigenvalue weighted by molar-refractivity contribution is 6.10. The normalized spacial score (nSPS) is 11.0. The van der Waals surface area contributed by atoms with E-state index in [-0.39, 0.29) is 23.7 Å². The molecule has 6 nitrogen and oxygen atoms in total. The lowest BCUT2D eigenvalue weighted by Gasteiger charge is -2.14. The van der Waals surface area contributed by atoms with Gasteiger partial charge in [-0.2, -0.15) is 0 Å². The van der Waals surface area contributed by atoms with Crippen LogP contribution < -0.4 is 18.9 Å². The number of hydrogen-bond donors (Lipinski definition) is 0. The first kappa shape index (κ1) is 21.1. The first-order valence-electron chi connectivity index (χ1n) is 8.51. The van der Waals surface area contributed by atoms with Crippen molar-refractivity contribution in [2.45, 2.75) is 6.92 Å². The van der Waals surface area contributed by atoms with Crippen LogP contribution in [-0.2, 0) is 4.74 Å². The van der Waals surface area contributed by atoms with E-state index in [0.29, 0.717) is 22.8 Å². The van der Waals surface area contributed by atoms with Crippen molar-refractivity contribution in [1.82, 2.24) is 0 Å². The maximum atomic E-state index is 14.0. The van der Waals surface area contributed by atoms with Gasteiger partial charge in [-0.3, -0.25) is 4.79 Å². The highest BCUT2D eigenvalue weighted by atomic mass is 19.1. The predicted molar refractivity (Wildman–Crippen MR) is 103 cm³/mol. The molecule has 0 N–H and O–H groups in total. The van der Waals surface area contributed by atoms with Crippen LogP contribution in [0.15, 0.2) is 36.1 Å². The van der Waals surface area contributed by atoms with E-state index < -0.39 is 11.6 Å². The Morgan fingerprint density at radius 2 is 1.54 bits per heavy atom. The first-order chi connectivity index (χ1) is 13.5. The zero-order chi connectivity index (χ0) is 20.7. The Hall–Kier alpha value is -3.22. The minimum Gasteiger partial charge on any atom is -0.494 e. The van der Waals surface area contributed by atoms with Gasteiger partial charge in [-0.25, -0.2) is 4.39 Å². The minimum absolute atomic E-state index is 0.0568. The maximum Gasteiger partial charge on any atom is 0.227 e. The summed E-state index contributed by atoms with van der Waals surface area (Å²) in [4.78, 5) is 13.0. The number of carbonyl (C=O) groups is 1. The Balaban J connectivity index is 2.49. The van der Waals surface area contributed by atoms with E-state index in [9.17, 15) is 9.18 Å². The van der Waals surface area contributed by atoms with Gasteiger partial charge in [0.2, 0.25) is 11.5 Å². The second-order valence-corrected chi connectivity index (χ2v) is 5.58. The summed E-state index contributed by atoms with van der Waals surface area (Å²) in [5, 5.41) is 0. The summed E-state index contributed by atoms with van der Waals surface area (Å²) in [6.45, 7) is 2.02. The lowest BCUT2D eigenvalue weighted by molar-refractivity contribution is 0.0930. The van der Waals surface area contributed by atoms with E-state index in [4.69, 9.17) is 23.7 Å². The van der Waals surface area contributed by atoms with E-state index in [0.717, 1.165) is 0 Å². The van der Waals surface area contributed by atoms with Crippen LogP contribution >= 0.6 is 0 Å². The maximum absolute atomic E-state index is 14.0. The van der Waals surface area contributed by atoms with Crippen molar-refractivity contribution in [2.24, 2.45) is 0 Å². The number of Topliss-reactive ketones (excluding diaryl/α,β-unsaturated/α-hetero) is 1. The third-order valence-electron chi connectivity index (χ3n) is 3.92. The Labute approximate surface area is 163 Å². The molecule has 0 bridgehead atoms. The van der Waals surface area contributed by atoms with E-state index >= 15 is 0 Å². The molecule has 0 saturated carbocycles. The van der Waals surface area contributed by atoms with Crippen LogP contribution in [0.3, 0.4) is 0 Å². The number of hydrogen-bond acceptors (Lipinski definition) is 6. The van der Waals surface area contributed by atoms with E-state index in [1.165, 1.54) is 58.8 Å². The molecule has 0 heterocycles. The molecule has 150 valence electrons. The van der Waals surface area contributed by atoms with Gasteiger partial charge in [-0.15, -0.1) is 0 Å². The standard InChI is InChI=1S/C21H23FO6/c1-6-28-17(10-13-7-8-16(24-2)15(22)9-13)20(23)14-11-18(25-3)21(27-5)19(12-14)26-4/h7-12H,6H2,1-5H3/b17-10-. The monoisotopic (exact) mass is 390 g/mol. The van der Waals surface area contributed by atoms with Crippen LogP contribution in [0.2, 0.25) is 0 Å². The molecule has 0 aliphatic rings. The van der Waals surface area contributed by atoms with Crippen LogP contribution in [-0.4, -0.2) is 40.8 Å². The van der Waals surface area contributed by atoms with Crippen LogP contribution in [0.25, 0.3) is 6.08 Å². The molecule has 28 heavy (non-hydrogen) atoms. The topological polar surface area (TPSA) is 63.2 Å². The molecule has 0 atom stereocenters. The van der Waals surface area contributed by atoms with E-state index in [1.54, 1.807) is 13.0 Å². The lowest BCUT2D eigenvalue weighted by Crippen LogP contribution is -2.08. The van der Waals surface area contributed by atoms with E-state index in [2.05, 4.69) is 0 Å². The van der Waals surface area contributed by atoms with Crippen molar-refractivity contribution >= 4 is 11.9 Å². The molecule has 0 amide bonds. The van der Waals surface area contributed by atoms with Crippen molar-refractivity contribution in [3.8, 4) is 23.0 Å². The number of methoxy groups -OCH3 is 4. The Kier molecular flexibility index (Phi) is 7.26. The number of halogens is 1. The minimum atomic E-state index is -0.535. The van der Waals surface area contributed by atoms with Crippen LogP contribution in [0.5, 0.6) is 23.0 Å². The van der Waals surface area contributed by atoms with Crippen molar-refractivity contribution in [1.29, 1.82) is 0 Å². The largest absolute Gasteiger partial charge is 0.494 e. The van der Waals surface area contributed by atoms with Gasteiger partial charge in [0.25, 0.3) is 0 Å². The number of ketones is 1. The van der Waals surface area contributed by atoms with Gasteiger partial charge in [0.15, 0.2) is 28.8 Å². The smallest absolute Gasteiger partial charge is 0.227 e. The third-order valence-corrected chi connectivity index (χ3v) is 3.92. The molecule has 0 spiro atoms. The van der Waals surface area contributed by atoms with Gasteiger partial charge in [-0.1, -0.05) is 6.07 Å². The lowest BCUT2D eigenvalue weighted by atomic mass is 10.1.